The van der Waals surface area contributed by atoms with Crippen LogP contribution in [-0.2, 0) is 6.42 Å². The number of likely N-dealkylation sites (N-methyl/N-ethyl adjacent to an activating group) is 1. The number of imidazole rings is 1. The van der Waals surface area contributed by atoms with Gasteiger partial charge in [-0.05, 0) is 24.6 Å². The maximum Gasteiger partial charge on any atom is 0.193 e. The van der Waals surface area contributed by atoms with Crippen molar-refractivity contribution in [2.45, 2.75) is 19.3 Å². The SMILES string of the molecule is CCNCC(Cc1cn2ccsc2n1)c1ccccc1Cl. The standard InChI is InChI=1S/C16H18ClN3S/c1-2-18-10-12(14-5-3-4-6-15(14)17)9-13-11-20-7-8-21-16(20)19-13/h3-8,11-12,18H,2,9-10H2,1H3. The molecule has 0 amide bonds. The van der Waals surface area contributed by atoms with E-state index in [1.165, 1.54) is 5.56 Å². The van der Waals surface area contributed by atoms with Gasteiger partial charge in [0, 0.05) is 35.3 Å². The summed E-state index contributed by atoms with van der Waals surface area (Å²) < 4.78 is 2.08. The van der Waals surface area contributed by atoms with Gasteiger partial charge in [0.05, 0.1) is 5.69 Å². The lowest BCUT2D eigenvalue weighted by Gasteiger charge is -2.18. The summed E-state index contributed by atoms with van der Waals surface area (Å²) in [6.45, 7) is 3.99. The van der Waals surface area contributed by atoms with E-state index in [1.54, 1.807) is 11.3 Å². The van der Waals surface area contributed by atoms with E-state index in [2.05, 4.69) is 39.3 Å². The molecule has 0 radical (unpaired) electrons. The second kappa shape index (κ2) is 6.60. The van der Waals surface area contributed by atoms with Crippen LogP contribution in [0.1, 0.15) is 24.1 Å². The molecule has 3 nitrogen and oxygen atoms in total. The van der Waals surface area contributed by atoms with Crippen molar-refractivity contribution >= 4 is 27.9 Å². The molecule has 1 atom stereocenters. The molecule has 3 aromatic rings. The first-order valence-electron chi connectivity index (χ1n) is 7.14. The van der Waals surface area contributed by atoms with E-state index >= 15 is 0 Å². The highest BCUT2D eigenvalue weighted by Gasteiger charge is 2.16. The summed E-state index contributed by atoms with van der Waals surface area (Å²) in [5.41, 5.74) is 2.31. The van der Waals surface area contributed by atoms with E-state index in [9.17, 15) is 0 Å². The summed E-state index contributed by atoms with van der Waals surface area (Å²) in [5, 5.41) is 6.32. The van der Waals surface area contributed by atoms with Gasteiger partial charge in [-0.1, -0.05) is 36.7 Å². The Bertz CT molecular complexity index is 690. The Morgan fingerprint density at radius 1 is 1.38 bits per heavy atom. The maximum atomic E-state index is 6.37. The first-order valence-corrected chi connectivity index (χ1v) is 8.40. The smallest absolute Gasteiger partial charge is 0.193 e. The molecule has 21 heavy (non-hydrogen) atoms. The highest BCUT2D eigenvalue weighted by atomic mass is 35.5. The highest BCUT2D eigenvalue weighted by molar-refractivity contribution is 7.15. The first kappa shape index (κ1) is 14.6. The van der Waals surface area contributed by atoms with E-state index in [0.717, 1.165) is 35.2 Å². The van der Waals surface area contributed by atoms with Crippen LogP contribution >= 0.6 is 22.9 Å². The van der Waals surface area contributed by atoms with Gasteiger partial charge in [-0.25, -0.2) is 4.98 Å². The predicted octanol–water partition coefficient (Wildman–Crippen LogP) is 3.99. The number of rotatable bonds is 6. The molecule has 0 aliphatic carbocycles. The number of hydrogen-bond donors (Lipinski definition) is 1. The van der Waals surface area contributed by atoms with E-state index in [1.807, 2.05) is 24.4 Å². The average molecular weight is 320 g/mol. The molecule has 0 saturated heterocycles. The van der Waals surface area contributed by atoms with Crippen LogP contribution in [0.25, 0.3) is 4.96 Å². The molecule has 0 bridgehead atoms. The molecule has 110 valence electrons. The molecule has 0 aliphatic heterocycles. The monoisotopic (exact) mass is 319 g/mol. The Morgan fingerprint density at radius 2 is 2.24 bits per heavy atom. The fourth-order valence-electron chi connectivity index (χ4n) is 2.54. The Kier molecular flexibility index (Phi) is 4.58. The Balaban J connectivity index is 1.85. The average Bonchev–Trinajstić information content (AvgIpc) is 3.05. The molecule has 0 aliphatic rings. The molecule has 1 N–H and O–H groups in total. The summed E-state index contributed by atoms with van der Waals surface area (Å²) >= 11 is 8.03. The highest BCUT2D eigenvalue weighted by Crippen LogP contribution is 2.27. The summed E-state index contributed by atoms with van der Waals surface area (Å²) in [6.07, 6.45) is 5.05. The van der Waals surface area contributed by atoms with Crippen molar-refractivity contribution in [3.63, 3.8) is 0 Å². The molecule has 2 heterocycles. The topological polar surface area (TPSA) is 29.3 Å². The van der Waals surface area contributed by atoms with Crippen molar-refractivity contribution < 1.29 is 0 Å². The fourth-order valence-corrected chi connectivity index (χ4v) is 3.55. The first-order chi connectivity index (χ1) is 10.3. The van der Waals surface area contributed by atoms with Gasteiger partial charge < -0.3 is 5.32 Å². The van der Waals surface area contributed by atoms with Gasteiger partial charge in [0.25, 0.3) is 0 Å². The van der Waals surface area contributed by atoms with Crippen molar-refractivity contribution in [1.29, 1.82) is 0 Å². The third kappa shape index (κ3) is 3.28. The summed E-state index contributed by atoms with van der Waals surface area (Å²) in [4.78, 5) is 5.73. The molecule has 0 fully saturated rings. The van der Waals surface area contributed by atoms with Crippen molar-refractivity contribution in [3.05, 3.63) is 58.3 Å². The van der Waals surface area contributed by atoms with Gasteiger partial charge in [0.15, 0.2) is 4.96 Å². The largest absolute Gasteiger partial charge is 0.316 e. The summed E-state index contributed by atoms with van der Waals surface area (Å²) in [6, 6.07) is 8.10. The minimum Gasteiger partial charge on any atom is -0.316 e. The predicted molar refractivity (Wildman–Crippen MR) is 89.5 cm³/mol. The zero-order chi connectivity index (χ0) is 14.7. The second-order valence-corrected chi connectivity index (χ2v) is 6.34. The minimum absolute atomic E-state index is 0.336. The number of nitrogens with one attached hydrogen (secondary N) is 1. The molecule has 2 aromatic heterocycles. The number of fused-ring (bicyclic) bond motifs is 1. The number of nitrogens with zero attached hydrogens (tertiary/aromatic N) is 2. The Morgan fingerprint density at radius 3 is 3.00 bits per heavy atom. The quantitative estimate of drug-likeness (QED) is 0.744. The molecule has 1 unspecified atom stereocenters. The third-order valence-corrected chi connectivity index (χ3v) is 4.70. The van der Waals surface area contributed by atoms with E-state index < -0.39 is 0 Å². The number of thiazole rings is 1. The van der Waals surface area contributed by atoms with Crippen LogP contribution in [-0.4, -0.2) is 22.5 Å². The molecule has 0 spiro atoms. The molecule has 3 rings (SSSR count). The lowest BCUT2D eigenvalue weighted by molar-refractivity contribution is 0.590. The number of aromatic nitrogens is 2. The van der Waals surface area contributed by atoms with Crippen LogP contribution in [0.5, 0.6) is 0 Å². The second-order valence-electron chi connectivity index (χ2n) is 5.06. The Hall–Kier alpha value is -1.36. The van der Waals surface area contributed by atoms with Gasteiger partial charge in [-0.2, -0.15) is 0 Å². The van der Waals surface area contributed by atoms with Crippen molar-refractivity contribution in [2.24, 2.45) is 0 Å². The van der Waals surface area contributed by atoms with Crippen molar-refractivity contribution in [2.75, 3.05) is 13.1 Å². The van der Waals surface area contributed by atoms with Gasteiger partial charge >= 0.3 is 0 Å². The van der Waals surface area contributed by atoms with E-state index in [-0.39, 0.29) is 0 Å². The maximum absolute atomic E-state index is 6.37. The van der Waals surface area contributed by atoms with Gasteiger partial charge in [0.1, 0.15) is 0 Å². The van der Waals surface area contributed by atoms with Crippen molar-refractivity contribution in [3.8, 4) is 0 Å². The molecule has 0 saturated carbocycles. The molecular weight excluding hydrogens is 302 g/mol. The normalized spacial score (nSPS) is 12.9. The zero-order valence-corrected chi connectivity index (χ0v) is 13.5. The van der Waals surface area contributed by atoms with Crippen LogP contribution in [0, 0.1) is 0 Å². The van der Waals surface area contributed by atoms with Gasteiger partial charge in [0.2, 0.25) is 0 Å². The van der Waals surface area contributed by atoms with Crippen molar-refractivity contribution in [1.82, 2.24) is 14.7 Å². The molecule has 1 aromatic carbocycles. The van der Waals surface area contributed by atoms with E-state index in [4.69, 9.17) is 11.6 Å². The van der Waals surface area contributed by atoms with Crippen LogP contribution < -0.4 is 5.32 Å². The number of hydrogen-bond acceptors (Lipinski definition) is 3. The Labute approximate surface area is 133 Å². The lowest BCUT2D eigenvalue weighted by Crippen LogP contribution is -2.23. The third-order valence-electron chi connectivity index (χ3n) is 3.58. The minimum atomic E-state index is 0.336. The number of benzene rings is 1. The molecular formula is C16H18ClN3S. The molecule has 5 heteroatoms. The number of halogens is 1. The fraction of sp³-hybridized carbons (Fsp3) is 0.312. The summed E-state index contributed by atoms with van der Waals surface area (Å²) in [5.74, 6) is 0.336. The lowest BCUT2D eigenvalue weighted by atomic mass is 9.94. The van der Waals surface area contributed by atoms with Crippen LogP contribution in [0.3, 0.4) is 0 Å². The van der Waals surface area contributed by atoms with Gasteiger partial charge in [-0.3, -0.25) is 4.40 Å². The zero-order valence-electron chi connectivity index (χ0n) is 11.9. The van der Waals surface area contributed by atoms with Gasteiger partial charge in [-0.15, -0.1) is 11.3 Å². The van der Waals surface area contributed by atoms with E-state index in [0.29, 0.717) is 5.92 Å². The summed E-state index contributed by atoms with van der Waals surface area (Å²) in [7, 11) is 0. The van der Waals surface area contributed by atoms with Crippen LogP contribution in [0.15, 0.2) is 42.0 Å². The van der Waals surface area contributed by atoms with Crippen LogP contribution in [0.4, 0.5) is 0 Å². The van der Waals surface area contributed by atoms with Crippen LogP contribution in [0.2, 0.25) is 5.02 Å².